The van der Waals surface area contributed by atoms with Crippen LogP contribution in [0.25, 0.3) is 87.7 Å². The Morgan fingerprint density at radius 2 is 0.679 bits per heavy atom. The molecule has 0 amide bonds. The lowest BCUT2D eigenvalue weighted by molar-refractivity contribution is 0.590. The van der Waals surface area contributed by atoms with E-state index in [2.05, 4.69) is 285 Å². The highest BCUT2D eigenvalue weighted by molar-refractivity contribution is 6.31. The van der Waals surface area contributed by atoms with Gasteiger partial charge < -0.3 is 18.6 Å². The minimum atomic E-state index is -0.00899. The standard InChI is InChI=1S/C74H64N2O2/c1-45-21-17-22-46(2)69(45)75(57-31-19-29-55(43-57)73(5,6)7)59-35-33-51-39-61-63(41-53(51)37-59)77-71-66(50-27-15-12-16-28-50)68-62-40-52-34-36-60(38-54(52)42-64(62)78-72(68)65(67(61)71)49-25-13-11-14-26-49)76(70-47(3)23-18-24-48(70)4)58-32-20-30-56(44-58)74(8,9)10/h11-44H,1-10H3. The molecule has 0 aliphatic carbocycles. The van der Waals surface area contributed by atoms with Gasteiger partial charge in [0, 0.05) is 55.4 Å². The Bertz CT molecular complexity index is 4180. The molecule has 0 spiro atoms. The van der Waals surface area contributed by atoms with Gasteiger partial charge in [0.05, 0.1) is 11.4 Å². The Labute approximate surface area is 457 Å². The number of furan rings is 2. The van der Waals surface area contributed by atoms with Crippen molar-refractivity contribution >= 4 is 99.5 Å². The van der Waals surface area contributed by atoms with Crippen molar-refractivity contribution in [2.45, 2.75) is 80.1 Å². The number of benzene rings is 11. The minimum absolute atomic E-state index is 0.00899. The summed E-state index contributed by atoms with van der Waals surface area (Å²) in [4.78, 5) is 4.86. The van der Waals surface area contributed by atoms with Crippen LogP contribution in [-0.2, 0) is 10.8 Å². The van der Waals surface area contributed by atoms with Crippen LogP contribution in [0.2, 0.25) is 0 Å². The van der Waals surface area contributed by atoms with E-state index in [1.807, 2.05) is 0 Å². The van der Waals surface area contributed by atoms with E-state index >= 15 is 0 Å². The summed E-state index contributed by atoms with van der Waals surface area (Å²) < 4.78 is 14.8. The van der Waals surface area contributed by atoms with Crippen LogP contribution in [0.5, 0.6) is 0 Å². The highest BCUT2D eigenvalue weighted by atomic mass is 16.3. The first-order valence-electron chi connectivity index (χ1n) is 27.4. The molecule has 13 rings (SSSR count). The van der Waals surface area contributed by atoms with E-state index in [0.29, 0.717) is 0 Å². The third-order valence-electron chi connectivity index (χ3n) is 16.1. The molecule has 4 nitrogen and oxygen atoms in total. The molecule has 0 fully saturated rings. The molecular formula is C74H64N2O2. The lowest BCUT2D eigenvalue weighted by atomic mass is 9.86. The molecule has 2 heterocycles. The molecule has 382 valence electrons. The van der Waals surface area contributed by atoms with Gasteiger partial charge in [0.1, 0.15) is 22.3 Å². The van der Waals surface area contributed by atoms with Gasteiger partial charge in [0.25, 0.3) is 0 Å². The Balaban J connectivity index is 1.05. The first-order valence-corrected chi connectivity index (χ1v) is 27.4. The van der Waals surface area contributed by atoms with Gasteiger partial charge in [-0.3, -0.25) is 0 Å². The maximum Gasteiger partial charge on any atom is 0.144 e. The van der Waals surface area contributed by atoms with E-state index in [1.165, 1.54) is 44.8 Å². The summed E-state index contributed by atoms with van der Waals surface area (Å²) in [7, 11) is 0. The first kappa shape index (κ1) is 48.8. The quantitative estimate of drug-likeness (QED) is 0.152. The summed E-state index contributed by atoms with van der Waals surface area (Å²) in [6.07, 6.45) is 0. The van der Waals surface area contributed by atoms with Crippen LogP contribution in [0.4, 0.5) is 34.1 Å². The van der Waals surface area contributed by atoms with Crippen LogP contribution >= 0.6 is 0 Å². The first-order chi connectivity index (χ1) is 37.6. The molecule has 11 aromatic carbocycles. The van der Waals surface area contributed by atoms with Crippen molar-refractivity contribution in [1.29, 1.82) is 0 Å². The van der Waals surface area contributed by atoms with E-state index in [1.54, 1.807) is 0 Å². The molecule has 0 saturated carbocycles. The predicted octanol–water partition coefficient (Wildman–Crippen LogP) is 21.9. The van der Waals surface area contributed by atoms with Crippen LogP contribution in [0.15, 0.2) is 215 Å². The van der Waals surface area contributed by atoms with Crippen LogP contribution in [0.1, 0.15) is 74.9 Å². The van der Waals surface area contributed by atoms with Crippen LogP contribution in [0, 0.1) is 27.7 Å². The van der Waals surface area contributed by atoms with Crippen LogP contribution in [0.3, 0.4) is 0 Å². The van der Waals surface area contributed by atoms with E-state index in [4.69, 9.17) is 8.83 Å². The fourth-order valence-electron chi connectivity index (χ4n) is 12.1. The van der Waals surface area contributed by atoms with E-state index < -0.39 is 0 Å². The van der Waals surface area contributed by atoms with Crippen molar-refractivity contribution in [2.24, 2.45) is 0 Å². The number of aryl methyl sites for hydroxylation is 4. The van der Waals surface area contributed by atoms with Crippen LogP contribution in [-0.4, -0.2) is 0 Å². The molecule has 0 radical (unpaired) electrons. The van der Waals surface area contributed by atoms with Crippen molar-refractivity contribution in [2.75, 3.05) is 9.80 Å². The highest BCUT2D eigenvalue weighted by Gasteiger charge is 2.29. The molecule has 0 aliphatic rings. The Hall–Kier alpha value is -8.86. The number of rotatable bonds is 8. The van der Waals surface area contributed by atoms with Crippen LogP contribution < -0.4 is 9.80 Å². The molecule has 2 aromatic heterocycles. The molecular weight excluding hydrogens is 949 g/mol. The van der Waals surface area contributed by atoms with Gasteiger partial charge in [0.2, 0.25) is 0 Å². The zero-order valence-electron chi connectivity index (χ0n) is 46.3. The second kappa shape index (κ2) is 18.4. The second-order valence-electron chi connectivity index (χ2n) is 23.6. The van der Waals surface area contributed by atoms with E-state index in [-0.39, 0.29) is 10.8 Å². The van der Waals surface area contributed by atoms with E-state index in [0.717, 1.165) is 110 Å². The SMILES string of the molecule is Cc1cccc(C)c1N(c1cccc(C(C)(C)C)c1)c1ccc2cc3c(cc2c1)oc1c(-c2ccccc2)c2c(oc4cc5cc(N(c6cccc(C(C)(C)C)c6)c6c(C)cccc6C)ccc5cc42)c(-c2ccccc2)c13. The van der Waals surface area contributed by atoms with Crippen molar-refractivity contribution in [3.63, 3.8) is 0 Å². The van der Waals surface area contributed by atoms with Gasteiger partial charge in [-0.2, -0.15) is 0 Å². The highest BCUT2D eigenvalue weighted by Crippen LogP contribution is 2.52. The smallest absolute Gasteiger partial charge is 0.144 e. The number of para-hydroxylation sites is 2. The van der Waals surface area contributed by atoms with Gasteiger partial charge in [-0.15, -0.1) is 0 Å². The topological polar surface area (TPSA) is 32.8 Å². The van der Waals surface area contributed by atoms with Gasteiger partial charge in [0.15, 0.2) is 0 Å². The summed E-state index contributed by atoms with van der Waals surface area (Å²) in [5.74, 6) is 0. The fraction of sp³-hybridized carbons (Fsp3) is 0.162. The maximum absolute atomic E-state index is 7.40. The third kappa shape index (κ3) is 8.21. The Morgan fingerprint density at radius 3 is 1.05 bits per heavy atom. The molecule has 0 N–H and O–H groups in total. The molecule has 0 aliphatic heterocycles. The van der Waals surface area contributed by atoms with Crippen molar-refractivity contribution < 1.29 is 8.83 Å². The predicted molar refractivity (Wildman–Crippen MR) is 333 cm³/mol. The minimum Gasteiger partial charge on any atom is -0.455 e. The van der Waals surface area contributed by atoms with Crippen molar-refractivity contribution in [3.05, 3.63) is 240 Å². The number of anilines is 6. The summed E-state index contributed by atoms with van der Waals surface area (Å²) >= 11 is 0. The lowest BCUT2D eigenvalue weighted by Crippen LogP contribution is -2.15. The average molecular weight is 1010 g/mol. The maximum atomic E-state index is 7.40. The summed E-state index contributed by atoms with van der Waals surface area (Å²) in [6, 6.07) is 75.5. The molecule has 0 unspecified atom stereocenters. The lowest BCUT2D eigenvalue weighted by Gasteiger charge is -2.30. The molecule has 78 heavy (non-hydrogen) atoms. The summed E-state index contributed by atoms with van der Waals surface area (Å²) in [5, 5.41) is 8.63. The summed E-state index contributed by atoms with van der Waals surface area (Å²) in [5.41, 5.74) is 21.8. The van der Waals surface area contributed by atoms with Gasteiger partial charge >= 0.3 is 0 Å². The van der Waals surface area contributed by atoms with Gasteiger partial charge in [-0.25, -0.2) is 0 Å². The Kier molecular flexibility index (Phi) is 11.5. The summed E-state index contributed by atoms with van der Waals surface area (Å²) in [6.45, 7) is 22.5. The third-order valence-corrected chi connectivity index (χ3v) is 16.1. The molecule has 13 aromatic rings. The number of hydrogen-bond acceptors (Lipinski definition) is 4. The van der Waals surface area contributed by atoms with E-state index in [9.17, 15) is 0 Å². The number of nitrogens with zero attached hydrogens (tertiary/aromatic N) is 2. The zero-order valence-corrected chi connectivity index (χ0v) is 46.3. The molecule has 0 bridgehead atoms. The normalized spacial score (nSPS) is 12.2. The number of fused-ring (bicyclic) bond motifs is 8. The van der Waals surface area contributed by atoms with Gasteiger partial charge in [-0.05, 0) is 177 Å². The fourth-order valence-corrected chi connectivity index (χ4v) is 12.1. The molecule has 4 heteroatoms. The molecule has 0 saturated heterocycles. The second-order valence-corrected chi connectivity index (χ2v) is 23.6. The largest absolute Gasteiger partial charge is 0.455 e. The average Bonchev–Trinajstić information content (AvgIpc) is 4.08. The monoisotopic (exact) mass is 1010 g/mol. The van der Waals surface area contributed by atoms with Gasteiger partial charge in [-0.1, -0.05) is 175 Å². The van der Waals surface area contributed by atoms with Crippen molar-refractivity contribution in [1.82, 2.24) is 0 Å². The molecule has 0 atom stereocenters. The zero-order chi connectivity index (χ0) is 53.8. The number of hydrogen-bond donors (Lipinski definition) is 0. The Morgan fingerprint density at radius 1 is 0.321 bits per heavy atom. The van der Waals surface area contributed by atoms with Crippen molar-refractivity contribution in [3.8, 4) is 22.3 Å².